The summed E-state index contributed by atoms with van der Waals surface area (Å²) in [4.78, 5) is 17.5. The highest BCUT2D eigenvalue weighted by atomic mass is 35.5. The van der Waals surface area contributed by atoms with Crippen molar-refractivity contribution in [1.82, 2.24) is 9.88 Å². The van der Waals surface area contributed by atoms with Gasteiger partial charge in [-0.05, 0) is 25.0 Å². The Balaban J connectivity index is 2.23. The number of carbonyl (C=O) groups is 1. The van der Waals surface area contributed by atoms with E-state index in [2.05, 4.69) is 11.1 Å². The van der Waals surface area contributed by atoms with Crippen molar-refractivity contribution in [2.24, 2.45) is 0 Å². The Bertz CT molecular complexity index is 455. The van der Waals surface area contributed by atoms with Crippen molar-refractivity contribution in [3.63, 3.8) is 0 Å². The Morgan fingerprint density at radius 2 is 2.44 bits per heavy atom. The average Bonchev–Trinajstić information content (AvgIpc) is 2.76. The molecule has 0 spiro atoms. The Labute approximate surface area is 98.5 Å². The van der Waals surface area contributed by atoms with Gasteiger partial charge in [-0.1, -0.05) is 17.7 Å². The normalized spacial score (nSPS) is 19.5. The zero-order valence-corrected chi connectivity index (χ0v) is 9.31. The van der Waals surface area contributed by atoms with E-state index in [0.717, 1.165) is 12.8 Å². The molecule has 1 atom stereocenters. The second-order valence-corrected chi connectivity index (χ2v) is 4.02. The molecule has 2 rings (SSSR count). The molecule has 1 saturated heterocycles. The number of halogens is 1. The third kappa shape index (κ3) is 2.00. The number of hydrogen-bond donors (Lipinski definition) is 0. The van der Waals surface area contributed by atoms with Crippen molar-refractivity contribution in [1.29, 1.82) is 5.26 Å². The van der Waals surface area contributed by atoms with Crippen LogP contribution in [0.3, 0.4) is 0 Å². The Hall–Kier alpha value is -1.60. The SMILES string of the molecule is N#CC1CCCN1C(=O)c1cccc(Cl)n1. The predicted molar refractivity (Wildman–Crippen MR) is 58.9 cm³/mol. The van der Waals surface area contributed by atoms with Gasteiger partial charge in [-0.15, -0.1) is 0 Å². The van der Waals surface area contributed by atoms with E-state index in [0.29, 0.717) is 17.4 Å². The van der Waals surface area contributed by atoms with Crippen LogP contribution in [0.2, 0.25) is 5.15 Å². The minimum atomic E-state index is -0.326. The van der Waals surface area contributed by atoms with Gasteiger partial charge in [0.25, 0.3) is 5.91 Å². The van der Waals surface area contributed by atoms with E-state index >= 15 is 0 Å². The van der Waals surface area contributed by atoms with E-state index in [1.807, 2.05) is 0 Å². The molecule has 1 aromatic rings. The number of pyridine rings is 1. The first-order chi connectivity index (χ1) is 7.72. The molecule has 1 aromatic heterocycles. The fourth-order valence-corrected chi connectivity index (χ4v) is 1.98. The predicted octanol–water partition coefficient (Wildman–Crippen LogP) is 1.86. The number of nitrogens with zero attached hydrogens (tertiary/aromatic N) is 3. The number of nitriles is 1. The first kappa shape index (κ1) is 10.9. The van der Waals surface area contributed by atoms with Crippen LogP contribution in [0, 0.1) is 11.3 Å². The molecule has 0 saturated carbocycles. The highest BCUT2D eigenvalue weighted by Crippen LogP contribution is 2.19. The van der Waals surface area contributed by atoms with Gasteiger partial charge in [0.2, 0.25) is 0 Å². The molecule has 0 aromatic carbocycles. The van der Waals surface area contributed by atoms with Gasteiger partial charge >= 0.3 is 0 Å². The molecule has 1 unspecified atom stereocenters. The van der Waals surface area contributed by atoms with Crippen molar-refractivity contribution in [3.8, 4) is 6.07 Å². The second-order valence-electron chi connectivity index (χ2n) is 3.63. The Kier molecular flexibility index (Phi) is 3.07. The van der Waals surface area contributed by atoms with Gasteiger partial charge in [-0.2, -0.15) is 5.26 Å². The van der Waals surface area contributed by atoms with Crippen molar-refractivity contribution in [2.45, 2.75) is 18.9 Å². The monoisotopic (exact) mass is 235 g/mol. The number of rotatable bonds is 1. The maximum Gasteiger partial charge on any atom is 0.273 e. The molecule has 5 heteroatoms. The van der Waals surface area contributed by atoms with Crippen molar-refractivity contribution >= 4 is 17.5 Å². The summed E-state index contributed by atoms with van der Waals surface area (Å²) in [6.07, 6.45) is 1.60. The quantitative estimate of drug-likeness (QED) is 0.698. The maximum absolute atomic E-state index is 12.0. The molecule has 0 aliphatic carbocycles. The molecule has 0 bridgehead atoms. The van der Waals surface area contributed by atoms with Crippen LogP contribution in [-0.2, 0) is 0 Å². The first-order valence-corrected chi connectivity index (χ1v) is 5.43. The molecular weight excluding hydrogens is 226 g/mol. The van der Waals surface area contributed by atoms with Crippen LogP contribution in [-0.4, -0.2) is 28.4 Å². The molecule has 1 amide bonds. The van der Waals surface area contributed by atoms with Crippen molar-refractivity contribution < 1.29 is 4.79 Å². The van der Waals surface area contributed by atoms with E-state index in [1.165, 1.54) is 0 Å². The van der Waals surface area contributed by atoms with Crippen LogP contribution in [0.1, 0.15) is 23.3 Å². The highest BCUT2D eigenvalue weighted by molar-refractivity contribution is 6.29. The minimum absolute atomic E-state index is 0.216. The molecule has 82 valence electrons. The molecule has 0 radical (unpaired) electrons. The Morgan fingerprint density at radius 1 is 1.62 bits per heavy atom. The number of hydrogen-bond acceptors (Lipinski definition) is 3. The van der Waals surface area contributed by atoms with Crippen LogP contribution < -0.4 is 0 Å². The van der Waals surface area contributed by atoms with Gasteiger partial charge in [0.1, 0.15) is 16.9 Å². The second kappa shape index (κ2) is 4.50. The molecule has 0 N–H and O–H groups in total. The molecule has 16 heavy (non-hydrogen) atoms. The first-order valence-electron chi connectivity index (χ1n) is 5.05. The van der Waals surface area contributed by atoms with E-state index in [1.54, 1.807) is 23.1 Å². The maximum atomic E-state index is 12.0. The molecular formula is C11H10ClN3O. The summed E-state index contributed by atoms with van der Waals surface area (Å²) < 4.78 is 0. The van der Waals surface area contributed by atoms with Crippen LogP contribution in [0.4, 0.5) is 0 Å². The number of aromatic nitrogens is 1. The summed E-state index contributed by atoms with van der Waals surface area (Å²) in [5, 5.41) is 9.19. The number of carbonyl (C=O) groups excluding carboxylic acids is 1. The van der Waals surface area contributed by atoms with Crippen molar-refractivity contribution in [3.05, 3.63) is 29.0 Å². The zero-order valence-electron chi connectivity index (χ0n) is 8.56. The topological polar surface area (TPSA) is 57.0 Å². The summed E-state index contributed by atoms with van der Waals surface area (Å²) in [6, 6.07) is 6.71. The number of likely N-dealkylation sites (tertiary alicyclic amines) is 1. The fourth-order valence-electron chi connectivity index (χ4n) is 1.82. The van der Waals surface area contributed by atoms with E-state index in [-0.39, 0.29) is 11.9 Å². The lowest BCUT2D eigenvalue weighted by atomic mass is 10.2. The lowest BCUT2D eigenvalue weighted by Crippen LogP contribution is -2.35. The molecule has 4 nitrogen and oxygen atoms in total. The highest BCUT2D eigenvalue weighted by Gasteiger charge is 2.29. The fraction of sp³-hybridized carbons (Fsp3) is 0.364. The third-order valence-electron chi connectivity index (χ3n) is 2.60. The van der Waals surface area contributed by atoms with Crippen LogP contribution in [0.5, 0.6) is 0 Å². The molecule has 1 fully saturated rings. The van der Waals surface area contributed by atoms with Gasteiger partial charge in [0.05, 0.1) is 6.07 Å². The van der Waals surface area contributed by atoms with Gasteiger partial charge in [-0.25, -0.2) is 4.98 Å². The lowest BCUT2D eigenvalue weighted by Gasteiger charge is -2.18. The van der Waals surface area contributed by atoms with Gasteiger partial charge < -0.3 is 4.90 Å². The Morgan fingerprint density at radius 3 is 3.12 bits per heavy atom. The summed E-state index contributed by atoms with van der Waals surface area (Å²) in [7, 11) is 0. The summed E-state index contributed by atoms with van der Waals surface area (Å²) in [5.41, 5.74) is 0.301. The van der Waals surface area contributed by atoms with Crippen LogP contribution >= 0.6 is 11.6 Å². The lowest BCUT2D eigenvalue weighted by molar-refractivity contribution is 0.0759. The minimum Gasteiger partial charge on any atom is -0.321 e. The summed E-state index contributed by atoms with van der Waals surface area (Å²) >= 11 is 5.72. The van der Waals surface area contributed by atoms with Crippen molar-refractivity contribution in [2.75, 3.05) is 6.54 Å². The molecule has 2 heterocycles. The van der Waals surface area contributed by atoms with E-state index < -0.39 is 0 Å². The van der Waals surface area contributed by atoms with E-state index in [9.17, 15) is 4.79 Å². The average molecular weight is 236 g/mol. The summed E-state index contributed by atoms with van der Waals surface area (Å²) in [5.74, 6) is -0.216. The van der Waals surface area contributed by atoms with Crippen LogP contribution in [0.15, 0.2) is 18.2 Å². The third-order valence-corrected chi connectivity index (χ3v) is 2.81. The molecule has 1 aliphatic rings. The van der Waals surface area contributed by atoms with E-state index in [4.69, 9.17) is 16.9 Å². The zero-order chi connectivity index (χ0) is 11.5. The molecule has 1 aliphatic heterocycles. The van der Waals surface area contributed by atoms with Gasteiger partial charge in [-0.3, -0.25) is 4.79 Å². The largest absolute Gasteiger partial charge is 0.321 e. The summed E-state index contributed by atoms with van der Waals surface area (Å²) in [6.45, 7) is 0.616. The standard InChI is InChI=1S/C11H10ClN3O/c12-10-5-1-4-9(14-10)11(16)15-6-2-3-8(15)7-13/h1,4-5,8H,2-3,6H2. The number of amides is 1. The van der Waals surface area contributed by atoms with Crippen LogP contribution in [0.25, 0.3) is 0 Å². The van der Waals surface area contributed by atoms with Gasteiger partial charge in [0.15, 0.2) is 0 Å². The smallest absolute Gasteiger partial charge is 0.273 e. The van der Waals surface area contributed by atoms with Gasteiger partial charge in [0, 0.05) is 6.54 Å².